The van der Waals surface area contributed by atoms with Crippen molar-refractivity contribution in [1.82, 2.24) is 5.32 Å². The Morgan fingerprint density at radius 3 is 2.76 bits per heavy atom. The van der Waals surface area contributed by atoms with Crippen molar-refractivity contribution in [2.75, 3.05) is 20.3 Å². The van der Waals surface area contributed by atoms with Crippen LogP contribution < -0.4 is 5.32 Å². The van der Waals surface area contributed by atoms with Crippen LogP contribution in [0.25, 0.3) is 0 Å². The van der Waals surface area contributed by atoms with Crippen LogP contribution in [0.5, 0.6) is 0 Å². The Morgan fingerprint density at radius 1 is 1.35 bits per heavy atom. The lowest BCUT2D eigenvalue weighted by Gasteiger charge is -2.18. The molecule has 17 heavy (non-hydrogen) atoms. The van der Waals surface area contributed by atoms with E-state index in [1.165, 1.54) is 24.0 Å². The average molecular weight is 233 g/mol. The minimum atomic E-state index is 0.585. The molecule has 1 saturated carbocycles. The summed E-state index contributed by atoms with van der Waals surface area (Å²) in [7, 11) is 1.79. The van der Waals surface area contributed by atoms with Crippen molar-refractivity contribution >= 4 is 0 Å². The molecule has 0 aliphatic heterocycles. The molecule has 2 heteroatoms. The number of hydrogen-bond acceptors (Lipinski definition) is 2. The second kappa shape index (κ2) is 6.18. The normalized spacial score (nSPS) is 17.1. The molecule has 1 N–H and O–H groups in total. The van der Waals surface area contributed by atoms with E-state index in [1.807, 2.05) is 0 Å². The molecule has 0 radical (unpaired) electrons. The molecule has 1 atom stereocenters. The van der Waals surface area contributed by atoms with Gasteiger partial charge in [0.2, 0.25) is 0 Å². The van der Waals surface area contributed by atoms with Gasteiger partial charge in [0.1, 0.15) is 0 Å². The van der Waals surface area contributed by atoms with Gasteiger partial charge in [-0.15, -0.1) is 0 Å². The van der Waals surface area contributed by atoms with Crippen LogP contribution in [0, 0.1) is 12.8 Å². The smallest absolute Gasteiger partial charge is 0.0505 e. The topological polar surface area (TPSA) is 21.3 Å². The summed E-state index contributed by atoms with van der Waals surface area (Å²) in [6, 6.07) is 9.43. The van der Waals surface area contributed by atoms with Crippen LogP contribution >= 0.6 is 0 Å². The summed E-state index contributed by atoms with van der Waals surface area (Å²) in [6.07, 6.45) is 3.81. The fourth-order valence-corrected chi connectivity index (χ4v) is 2.20. The van der Waals surface area contributed by atoms with E-state index in [4.69, 9.17) is 4.74 Å². The number of benzene rings is 1. The van der Waals surface area contributed by atoms with Gasteiger partial charge in [-0.2, -0.15) is 0 Å². The molecule has 0 aromatic heterocycles. The number of hydrogen-bond donors (Lipinski definition) is 1. The molecule has 1 aromatic carbocycles. The van der Waals surface area contributed by atoms with E-state index in [2.05, 4.69) is 36.5 Å². The van der Waals surface area contributed by atoms with Crippen LogP contribution in [0.15, 0.2) is 24.3 Å². The number of nitrogens with one attached hydrogen (secondary N) is 1. The third-order valence-corrected chi connectivity index (χ3v) is 3.44. The second-order valence-corrected chi connectivity index (χ2v) is 5.13. The number of aryl methyl sites for hydroxylation is 1. The molecule has 1 fully saturated rings. The Morgan fingerprint density at radius 2 is 2.12 bits per heavy atom. The number of methoxy groups -OCH3 is 1. The van der Waals surface area contributed by atoms with Gasteiger partial charge in [0.15, 0.2) is 0 Å². The summed E-state index contributed by atoms with van der Waals surface area (Å²) in [4.78, 5) is 0. The first-order valence-electron chi connectivity index (χ1n) is 6.56. The lowest BCUT2D eigenvalue weighted by Crippen LogP contribution is -2.29. The average Bonchev–Trinajstić information content (AvgIpc) is 3.13. The molecular formula is C15H23NO. The van der Waals surface area contributed by atoms with Crippen molar-refractivity contribution in [2.24, 2.45) is 5.92 Å². The van der Waals surface area contributed by atoms with Crippen molar-refractivity contribution in [3.8, 4) is 0 Å². The summed E-state index contributed by atoms with van der Waals surface area (Å²) >= 11 is 0. The first-order valence-corrected chi connectivity index (χ1v) is 6.56. The molecule has 1 aliphatic carbocycles. The third kappa shape index (κ3) is 4.14. The van der Waals surface area contributed by atoms with Gasteiger partial charge >= 0.3 is 0 Å². The summed E-state index contributed by atoms with van der Waals surface area (Å²) in [5.74, 6) is 0.585. The molecule has 0 heterocycles. The Kier molecular flexibility index (Phi) is 4.57. The summed E-state index contributed by atoms with van der Waals surface area (Å²) in [5, 5.41) is 3.60. The lowest BCUT2D eigenvalue weighted by atomic mass is 9.96. The van der Waals surface area contributed by atoms with E-state index in [-0.39, 0.29) is 0 Å². The third-order valence-electron chi connectivity index (χ3n) is 3.44. The zero-order valence-corrected chi connectivity index (χ0v) is 10.9. The standard InChI is InChI=1S/C15H23NO/c1-12-5-3-4-6-14(12)9-13(11-17-2)10-16-15-7-8-15/h3-6,13,15-16H,7-11H2,1-2H3. The molecule has 0 amide bonds. The molecule has 0 spiro atoms. The number of rotatable bonds is 7. The molecule has 2 rings (SSSR count). The predicted octanol–water partition coefficient (Wildman–Crippen LogP) is 2.55. The minimum Gasteiger partial charge on any atom is -0.384 e. The Bertz CT molecular complexity index is 347. The van der Waals surface area contributed by atoms with Crippen molar-refractivity contribution in [1.29, 1.82) is 0 Å². The summed E-state index contributed by atoms with van der Waals surface area (Å²) in [6.45, 7) is 4.11. The van der Waals surface area contributed by atoms with Gasteiger partial charge < -0.3 is 10.1 Å². The lowest BCUT2D eigenvalue weighted by molar-refractivity contribution is 0.150. The summed E-state index contributed by atoms with van der Waals surface area (Å²) < 4.78 is 5.33. The van der Waals surface area contributed by atoms with E-state index in [0.29, 0.717) is 5.92 Å². The maximum Gasteiger partial charge on any atom is 0.0505 e. The van der Waals surface area contributed by atoms with Crippen molar-refractivity contribution in [3.63, 3.8) is 0 Å². The van der Waals surface area contributed by atoms with E-state index < -0.39 is 0 Å². The quantitative estimate of drug-likeness (QED) is 0.781. The highest BCUT2D eigenvalue weighted by molar-refractivity contribution is 5.26. The van der Waals surface area contributed by atoms with Crippen LogP contribution in [-0.4, -0.2) is 26.3 Å². The predicted molar refractivity (Wildman–Crippen MR) is 71.3 cm³/mol. The Hall–Kier alpha value is -0.860. The van der Waals surface area contributed by atoms with E-state index in [9.17, 15) is 0 Å². The van der Waals surface area contributed by atoms with Crippen molar-refractivity contribution in [2.45, 2.75) is 32.2 Å². The highest BCUT2D eigenvalue weighted by atomic mass is 16.5. The van der Waals surface area contributed by atoms with Gasteiger partial charge in [-0.3, -0.25) is 0 Å². The maximum absolute atomic E-state index is 5.33. The fraction of sp³-hybridized carbons (Fsp3) is 0.600. The van der Waals surface area contributed by atoms with Gasteiger partial charge in [-0.25, -0.2) is 0 Å². The SMILES string of the molecule is COCC(CNC1CC1)Cc1ccccc1C. The molecule has 0 bridgehead atoms. The van der Waals surface area contributed by atoms with Gasteiger partial charge in [-0.05, 0) is 43.2 Å². The van der Waals surface area contributed by atoms with E-state index in [0.717, 1.165) is 25.6 Å². The molecule has 1 aliphatic rings. The Labute approximate surface area is 104 Å². The van der Waals surface area contributed by atoms with Crippen LogP contribution in [0.1, 0.15) is 24.0 Å². The molecule has 1 unspecified atom stereocenters. The van der Waals surface area contributed by atoms with Gasteiger partial charge in [0, 0.05) is 19.7 Å². The van der Waals surface area contributed by atoms with Crippen LogP contribution in [0.3, 0.4) is 0 Å². The summed E-state index contributed by atoms with van der Waals surface area (Å²) in [5.41, 5.74) is 2.84. The fourth-order valence-electron chi connectivity index (χ4n) is 2.20. The maximum atomic E-state index is 5.33. The number of ether oxygens (including phenoxy) is 1. The van der Waals surface area contributed by atoms with Gasteiger partial charge in [0.25, 0.3) is 0 Å². The monoisotopic (exact) mass is 233 g/mol. The molecular weight excluding hydrogens is 210 g/mol. The van der Waals surface area contributed by atoms with E-state index >= 15 is 0 Å². The van der Waals surface area contributed by atoms with Crippen LogP contribution in [-0.2, 0) is 11.2 Å². The molecule has 94 valence electrons. The van der Waals surface area contributed by atoms with Gasteiger partial charge in [-0.1, -0.05) is 24.3 Å². The van der Waals surface area contributed by atoms with Crippen LogP contribution in [0.4, 0.5) is 0 Å². The zero-order valence-electron chi connectivity index (χ0n) is 10.9. The van der Waals surface area contributed by atoms with E-state index in [1.54, 1.807) is 7.11 Å². The first-order chi connectivity index (χ1) is 8.29. The molecule has 1 aromatic rings. The zero-order chi connectivity index (χ0) is 12.1. The minimum absolute atomic E-state index is 0.585. The largest absolute Gasteiger partial charge is 0.384 e. The van der Waals surface area contributed by atoms with Crippen LogP contribution in [0.2, 0.25) is 0 Å². The molecule has 2 nitrogen and oxygen atoms in total. The van der Waals surface area contributed by atoms with Crippen molar-refractivity contribution in [3.05, 3.63) is 35.4 Å². The highest BCUT2D eigenvalue weighted by Gasteiger charge is 2.22. The van der Waals surface area contributed by atoms with Gasteiger partial charge in [0.05, 0.1) is 6.61 Å². The Balaban J connectivity index is 1.88. The highest BCUT2D eigenvalue weighted by Crippen LogP contribution is 2.20. The van der Waals surface area contributed by atoms with Crippen molar-refractivity contribution < 1.29 is 4.74 Å². The second-order valence-electron chi connectivity index (χ2n) is 5.13. The first kappa shape index (κ1) is 12.6. The molecule has 0 saturated heterocycles.